The van der Waals surface area contributed by atoms with E-state index in [2.05, 4.69) is 10.6 Å². The second-order valence-corrected chi connectivity index (χ2v) is 5.40. The number of methoxy groups -OCH3 is 1. The Labute approximate surface area is 125 Å². The quantitative estimate of drug-likeness (QED) is 0.876. The Morgan fingerprint density at radius 1 is 1.29 bits per heavy atom. The van der Waals surface area contributed by atoms with E-state index < -0.39 is 0 Å². The molecule has 2 N–H and O–H groups in total. The number of hydrogen-bond acceptors (Lipinski definition) is 3. The average molecular weight is 290 g/mol. The summed E-state index contributed by atoms with van der Waals surface area (Å²) in [6, 6.07) is 5.00. The number of anilines is 1. The molecular weight excluding hydrogens is 268 g/mol. The zero-order chi connectivity index (χ0) is 15.2. The summed E-state index contributed by atoms with van der Waals surface area (Å²) in [7, 11) is 3.12. The van der Waals surface area contributed by atoms with Crippen molar-refractivity contribution < 1.29 is 14.3 Å². The molecule has 2 rings (SSSR count). The van der Waals surface area contributed by atoms with Gasteiger partial charge in [-0.05, 0) is 37.0 Å². The molecule has 21 heavy (non-hydrogen) atoms. The molecule has 0 aromatic heterocycles. The molecule has 1 fully saturated rings. The van der Waals surface area contributed by atoms with Gasteiger partial charge in [-0.3, -0.25) is 9.59 Å². The van der Waals surface area contributed by atoms with Crippen LogP contribution in [-0.2, 0) is 4.79 Å². The first-order chi connectivity index (χ1) is 10.1. The normalized spacial score (nSPS) is 14.8. The third-order valence-electron chi connectivity index (χ3n) is 3.91. The van der Waals surface area contributed by atoms with Gasteiger partial charge in [0.25, 0.3) is 5.91 Å². The third kappa shape index (κ3) is 3.97. The minimum Gasteiger partial charge on any atom is -0.495 e. The first kappa shape index (κ1) is 15.4. The van der Waals surface area contributed by atoms with Crippen molar-refractivity contribution in [1.29, 1.82) is 0 Å². The lowest BCUT2D eigenvalue weighted by Crippen LogP contribution is -2.19. The van der Waals surface area contributed by atoms with Crippen LogP contribution in [0.1, 0.15) is 42.5 Å². The van der Waals surface area contributed by atoms with Crippen molar-refractivity contribution in [3.63, 3.8) is 0 Å². The van der Waals surface area contributed by atoms with E-state index in [1.165, 1.54) is 12.8 Å². The zero-order valence-electron chi connectivity index (χ0n) is 12.6. The lowest BCUT2D eigenvalue weighted by Gasteiger charge is -2.13. The molecule has 0 unspecified atom stereocenters. The van der Waals surface area contributed by atoms with Crippen molar-refractivity contribution in [2.24, 2.45) is 5.92 Å². The Balaban J connectivity index is 2.09. The van der Waals surface area contributed by atoms with Gasteiger partial charge in [0, 0.05) is 19.0 Å². The maximum atomic E-state index is 12.1. The monoisotopic (exact) mass is 290 g/mol. The molecular formula is C16H22N2O3. The second-order valence-electron chi connectivity index (χ2n) is 5.40. The highest BCUT2D eigenvalue weighted by Crippen LogP contribution is 2.29. The highest BCUT2D eigenvalue weighted by atomic mass is 16.5. The van der Waals surface area contributed by atoms with Gasteiger partial charge in [0.2, 0.25) is 5.91 Å². The Hall–Kier alpha value is -2.04. The number of rotatable bonds is 5. The van der Waals surface area contributed by atoms with Crippen molar-refractivity contribution in [3.05, 3.63) is 23.8 Å². The molecule has 0 heterocycles. The molecule has 1 aliphatic rings. The molecule has 0 radical (unpaired) electrons. The maximum Gasteiger partial charge on any atom is 0.251 e. The van der Waals surface area contributed by atoms with Gasteiger partial charge in [0.05, 0.1) is 12.8 Å². The van der Waals surface area contributed by atoms with Crippen LogP contribution in [-0.4, -0.2) is 26.0 Å². The van der Waals surface area contributed by atoms with Gasteiger partial charge >= 0.3 is 0 Å². The predicted octanol–water partition coefficient (Wildman–Crippen LogP) is 2.57. The summed E-state index contributed by atoms with van der Waals surface area (Å²) in [6.45, 7) is 0. The average Bonchev–Trinajstić information content (AvgIpc) is 2.99. The molecule has 0 saturated heterocycles. The summed E-state index contributed by atoms with van der Waals surface area (Å²) in [5.74, 6) is 0.832. The van der Waals surface area contributed by atoms with Crippen molar-refractivity contribution >= 4 is 17.5 Å². The number of ether oxygens (including phenoxy) is 1. The molecule has 1 aliphatic carbocycles. The highest BCUT2D eigenvalue weighted by molar-refractivity contribution is 5.98. The third-order valence-corrected chi connectivity index (χ3v) is 3.91. The molecule has 0 atom stereocenters. The lowest BCUT2D eigenvalue weighted by molar-refractivity contribution is -0.117. The number of benzene rings is 1. The SMILES string of the molecule is CNC(=O)c1ccc(OC)c(NC(=O)CC2CCCC2)c1. The summed E-state index contributed by atoms with van der Waals surface area (Å²) in [4.78, 5) is 23.8. The standard InChI is InChI=1S/C16H22N2O3/c1-17-16(20)12-7-8-14(21-2)13(10-12)18-15(19)9-11-5-3-4-6-11/h7-8,10-11H,3-6,9H2,1-2H3,(H,17,20)(H,18,19). The molecule has 5 heteroatoms. The number of carbonyl (C=O) groups is 2. The summed E-state index contributed by atoms with van der Waals surface area (Å²) < 4.78 is 5.24. The Bertz CT molecular complexity index is 522. The Morgan fingerprint density at radius 3 is 2.62 bits per heavy atom. The number of nitrogens with one attached hydrogen (secondary N) is 2. The van der Waals surface area contributed by atoms with E-state index in [-0.39, 0.29) is 11.8 Å². The van der Waals surface area contributed by atoms with Crippen LogP contribution in [0.5, 0.6) is 5.75 Å². The Morgan fingerprint density at radius 2 is 2.00 bits per heavy atom. The van der Waals surface area contributed by atoms with Crippen LogP contribution in [0.4, 0.5) is 5.69 Å². The molecule has 2 amide bonds. The number of amides is 2. The van der Waals surface area contributed by atoms with E-state index in [4.69, 9.17) is 4.74 Å². The zero-order valence-corrected chi connectivity index (χ0v) is 12.6. The van der Waals surface area contributed by atoms with E-state index >= 15 is 0 Å². The van der Waals surface area contributed by atoms with E-state index in [0.29, 0.717) is 29.3 Å². The van der Waals surface area contributed by atoms with Crippen LogP contribution in [0, 0.1) is 5.92 Å². The summed E-state index contributed by atoms with van der Waals surface area (Å²) in [6.07, 6.45) is 5.22. The summed E-state index contributed by atoms with van der Waals surface area (Å²) >= 11 is 0. The van der Waals surface area contributed by atoms with Gasteiger partial charge in [0.15, 0.2) is 0 Å². The van der Waals surface area contributed by atoms with Crippen LogP contribution in [0.2, 0.25) is 0 Å². The number of carbonyl (C=O) groups excluding carboxylic acids is 2. The van der Waals surface area contributed by atoms with Gasteiger partial charge in [0.1, 0.15) is 5.75 Å². The van der Waals surface area contributed by atoms with Crippen molar-refractivity contribution in [1.82, 2.24) is 5.32 Å². The molecule has 0 spiro atoms. The first-order valence-corrected chi connectivity index (χ1v) is 7.34. The van der Waals surface area contributed by atoms with Gasteiger partial charge in [-0.15, -0.1) is 0 Å². The lowest BCUT2D eigenvalue weighted by atomic mass is 10.0. The second kappa shape index (κ2) is 7.11. The summed E-state index contributed by atoms with van der Waals surface area (Å²) in [5, 5.41) is 5.43. The minimum absolute atomic E-state index is 0.0192. The molecule has 1 saturated carbocycles. The van der Waals surface area contributed by atoms with Crippen LogP contribution in [0.25, 0.3) is 0 Å². The molecule has 0 aliphatic heterocycles. The highest BCUT2D eigenvalue weighted by Gasteiger charge is 2.19. The van der Waals surface area contributed by atoms with E-state index in [0.717, 1.165) is 12.8 Å². The Kier molecular flexibility index (Phi) is 5.20. The van der Waals surface area contributed by atoms with Crippen molar-refractivity contribution in [3.8, 4) is 5.75 Å². The molecule has 1 aromatic carbocycles. The fraction of sp³-hybridized carbons (Fsp3) is 0.500. The molecule has 114 valence electrons. The van der Waals surface area contributed by atoms with Gasteiger partial charge in [-0.1, -0.05) is 12.8 Å². The topological polar surface area (TPSA) is 67.4 Å². The maximum absolute atomic E-state index is 12.1. The largest absolute Gasteiger partial charge is 0.495 e. The van der Waals surface area contributed by atoms with E-state index in [1.54, 1.807) is 32.4 Å². The van der Waals surface area contributed by atoms with Gasteiger partial charge in [-0.25, -0.2) is 0 Å². The van der Waals surface area contributed by atoms with Crippen LogP contribution >= 0.6 is 0 Å². The van der Waals surface area contributed by atoms with Gasteiger partial charge in [-0.2, -0.15) is 0 Å². The van der Waals surface area contributed by atoms with E-state index in [1.807, 2.05) is 0 Å². The van der Waals surface area contributed by atoms with Crippen molar-refractivity contribution in [2.45, 2.75) is 32.1 Å². The van der Waals surface area contributed by atoms with E-state index in [9.17, 15) is 9.59 Å². The fourth-order valence-corrected chi connectivity index (χ4v) is 2.77. The van der Waals surface area contributed by atoms with Crippen LogP contribution in [0.15, 0.2) is 18.2 Å². The molecule has 1 aromatic rings. The summed E-state index contributed by atoms with van der Waals surface area (Å²) in [5.41, 5.74) is 1.04. The smallest absolute Gasteiger partial charge is 0.251 e. The molecule has 0 bridgehead atoms. The first-order valence-electron chi connectivity index (χ1n) is 7.34. The fourth-order valence-electron chi connectivity index (χ4n) is 2.77. The van der Waals surface area contributed by atoms with Crippen LogP contribution < -0.4 is 15.4 Å². The minimum atomic E-state index is -0.191. The van der Waals surface area contributed by atoms with Crippen LogP contribution in [0.3, 0.4) is 0 Å². The molecule has 5 nitrogen and oxygen atoms in total. The van der Waals surface area contributed by atoms with Gasteiger partial charge < -0.3 is 15.4 Å². The van der Waals surface area contributed by atoms with Crippen molar-refractivity contribution in [2.75, 3.05) is 19.5 Å². The predicted molar refractivity (Wildman–Crippen MR) is 81.6 cm³/mol. The number of hydrogen-bond donors (Lipinski definition) is 2.